The molecule has 142 valence electrons. The molecule has 2 aliphatic heterocycles. The fourth-order valence-corrected chi connectivity index (χ4v) is 3.17. The second-order valence-electron chi connectivity index (χ2n) is 8.30. The standard InChI is InChI=1S/C20H26O6/c1-19(2,8-5-7-13-11-15(21)25-17(13)23)9-6-10-20(3,4)14-12-16(22)26-18(14)24/h5-6,8-9,13-14H,7,10-12H2,1-4H3/b8-5+,9-6+. The topological polar surface area (TPSA) is 86.7 Å². The Morgan fingerprint density at radius 1 is 0.885 bits per heavy atom. The van der Waals surface area contributed by atoms with Gasteiger partial charge in [0.2, 0.25) is 0 Å². The van der Waals surface area contributed by atoms with Crippen LogP contribution in [0.25, 0.3) is 0 Å². The summed E-state index contributed by atoms with van der Waals surface area (Å²) in [7, 11) is 0. The molecular formula is C20H26O6. The molecule has 0 amide bonds. The smallest absolute Gasteiger partial charge is 0.317 e. The molecule has 2 atom stereocenters. The zero-order valence-corrected chi connectivity index (χ0v) is 15.7. The average molecular weight is 362 g/mol. The van der Waals surface area contributed by atoms with Crippen LogP contribution >= 0.6 is 0 Å². The van der Waals surface area contributed by atoms with Gasteiger partial charge in [-0.25, -0.2) is 0 Å². The highest BCUT2D eigenvalue weighted by molar-refractivity contribution is 5.95. The molecule has 0 aromatic rings. The summed E-state index contributed by atoms with van der Waals surface area (Å²) in [6, 6.07) is 0. The Hall–Kier alpha value is -2.24. The van der Waals surface area contributed by atoms with Gasteiger partial charge >= 0.3 is 23.9 Å². The largest absolute Gasteiger partial charge is 0.393 e. The lowest BCUT2D eigenvalue weighted by atomic mass is 9.75. The number of ether oxygens (including phenoxy) is 2. The predicted molar refractivity (Wildman–Crippen MR) is 93.5 cm³/mol. The molecule has 26 heavy (non-hydrogen) atoms. The van der Waals surface area contributed by atoms with Crippen molar-refractivity contribution in [2.24, 2.45) is 22.7 Å². The summed E-state index contributed by atoms with van der Waals surface area (Å²) in [6.45, 7) is 7.96. The second-order valence-corrected chi connectivity index (χ2v) is 8.30. The third-order valence-electron chi connectivity index (χ3n) is 4.93. The summed E-state index contributed by atoms with van der Waals surface area (Å²) >= 11 is 0. The summed E-state index contributed by atoms with van der Waals surface area (Å²) in [6.07, 6.45) is 9.32. The van der Waals surface area contributed by atoms with Crippen LogP contribution in [-0.4, -0.2) is 23.9 Å². The number of cyclic esters (lactones) is 4. The van der Waals surface area contributed by atoms with E-state index in [1.807, 2.05) is 52.0 Å². The highest BCUT2D eigenvalue weighted by Gasteiger charge is 2.43. The van der Waals surface area contributed by atoms with Gasteiger partial charge in [-0.1, -0.05) is 52.0 Å². The van der Waals surface area contributed by atoms with E-state index in [0.717, 1.165) is 0 Å². The molecule has 0 N–H and O–H groups in total. The second kappa shape index (κ2) is 7.56. The number of carbonyl (C=O) groups excluding carboxylic acids is 4. The van der Waals surface area contributed by atoms with Crippen molar-refractivity contribution >= 4 is 23.9 Å². The molecule has 0 radical (unpaired) electrons. The first-order valence-electron chi connectivity index (χ1n) is 8.84. The summed E-state index contributed by atoms with van der Waals surface area (Å²) in [5.74, 6) is -2.60. The van der Waals surface area contributed by atoms with Crippen LogP contribution in [0.4, 0.5) is 0 Å². The van der Waals surface area contributed by atoms with E-state index in [-0.39, 0.29) is 29.6 Å². The van der Waals surface area contributed by atoms with Gasteiger partial charge < -0.3 is 9.47 Å². The Labute approximate surface area is 153 Å². The van der Waals surface area contributed by atoms with Gasteiger partial charge in [-0.3, -0.25) is 19.2 Å². The van der Waals surface area contributed by atoms with E-state index < -0.39 is 29.8 Å². The molecule has 2 rings (SSSR count). The van der Waals surface area contributed by atoms with Gasteiger partial charge in [0.1, 0.15) is 0 Å². The van der Waals surface area contributed by atoms with E-state index in [1.54, 1.807) is 0 Å². The minimum absolute atomic E-state index is 0.138. The molecule has 2 aliphatic rings. The number of carbonyl (C=O) groups is 4. The maximum absolute atomic E-state index is 11.8. The van der Waals surface area contributed by atoms with Gasteiger partial charge in [0.05, 0.1) is 24.7 Å². The fraction of sp³-hybridized carbons (Fsp3) is 0.600. The maximum atomic E-state index is 11.8. The van der Waals surface area contributed by atoms with E-state index in [0.29, 0.717) is 12.8 Å². The normalized spacial score (nSPS) is 24.8. The first-order valence-corrected chi connectivity index (χ1v) is 8.84. The Morgan fingerprint density at radius 2 is 1.46 bits per heavy atom. The van der Waals surface area contributed by atoms with Crippen molar-refractivity contribution in [3.63, 3.8) is 0 Å². The SMILES string of the molecule is CC(C)(/C=C/CC1CC(=O)OC1=O)/C=C/CC(C)(C)C1CC(=O)OC1=O. The van der Waals surface area contributed by atoms with Crippen LogP contribution in [0.3, 0.4) is 0 Å². The molecule has 6 heteroatoms. The number of hydrogen-bond acceptors (Lipinski definition) is 6. The molecule has 0 aromatic carbocycles. The van der Waals surface area contributed by atoms with Crippen molar-refractivity contribution in [1.29, 1.82) is 0 Å². The Balaban J connectivity index is 1.88. The van der Waals surface area contributed by atoms with Crippen molar-refractivity contribution in [2.75, 3.05) is 0 Å². The van der Waals surface area contributed by atoms with E-state index in [1.165, 1.54) is 0 Å². The molecule has 0 aromatic heterocycles. The van der Waals surface area contributed by atoms with Crippen molar-refractivity contribution in [3.8, 4) is 0 Å². The monoisotopic (exact) mass is 362 g/mol. The molecular weight excluding hydrogens is 336 g/mol. The van der Waals surface area contributed by atoms with Crippen LogP contribution in [0.2, 0.25) is 0 Å². The summed E-state index contributed by atoms with van der Waals surface area (Å²) in [5.41, 5.74) is -0.609. The summed E-state index contributed by atoms with van der Waals surface area (Å²) in [5, 5.41) is 0. The van der Waals surface area contributed by atoms with Gasteiger partial charge in [-0.2, -0.15) is 0 Å². The molecule has 0 saturated carbocycles. The highest BCUT2D eigenvalue weighted by Crippen LogP contribution is 2.38. The Bertz CT molecular complexity index is 668. The van der Waals surface area contributed by atoms with Gasteiger partial charge in [0.15, 0.2) is 0 Å². The van der Waals surface area contributed by atoms with E-state index in [9.17, 15) is 19.2 Å². The first-order chi connectivity index (χ1) is 12.0. The highest BCUT2D eigenvalue weighted by atomic mass is 16.6. The van der Waals surface area contributed by atoms with Crippen molar-refractivity contribution < 1.29 is 28.7 Å². The van der Waals surface area contributed by atoms with Crippen LogP contribution in [-0.2, 0) is 28.7 Å². The number of rotatable bonds is 7. The minimum Gasteiger partial charge on any atom is -0.393 e. The molecule has 0 spiro atoms. The van der Waals surface area contributed by atoms with Gasteiger partial charge in [0, 0.05) is 5.41 Å². The maximum Gasteiger partial charge on any atom is 0.317 e. The van der Waals surface area contributed by atoms with Gasteiger partial charge in [-0.15, -0.1) is 0 Å². The minimum atomic E-state index is -0.460. The van der Waals surface area contributed by atoms with Crippen LogP contribution < -0.4 is 0 Å². The van der Waals surface area contributed by atoms with Crippen molar-refractivity contribution in [3.05, 3.63) is 24.3 Å². The first kappa shape index (κ1) is 20.1. The molecule has 2 heterocycles. The van der Waals surface area contributed by atoms with Crippen molar-refractivity contribution in [2.45, 2.75) is 53.4 Å². The summed E-state index contributed by atoms with van der Waals surface area (Å²) in [4.78, 5) is 45.6. The van der Waals surface area contributed by atoms with Gasteiger partial charge in [0.25, 0.3) is 0 Å². The number of allylic oxidation sites excluding steroid dienone is 4. The lowest BCUT2D eigenvalue weighted by Crippen LogP contribution is -2.27. The van der Waals surface area contributed by atoms with Crippen LogP contribution in [0.5, 0.6) is 0 Å². The molecule has 2 fully saturated rings. The van der Waals surface area contributed by atoms with E-state index in [2.05, 4.69) is 9.47 Å². The average Bonchev–Trinajstić information content (AvgIpc) is 3.00. The van der Waals surface area contributed by atoms with Crippen molar-refractivity contribution in [1.82, 2.24) is 0 Å². The number of hydrogen-bond donors (Lipinski definition) is 0. The third-order valence-corrected chi connectivity index (χ3v) is 4.93. The molecule has 0 aliphatic carbocycles. The van der Waals surface area contributed by atoms with E-state index >= 15 is 0 Å². The third kappa shape index (κ3) is 5.13. The zero-order chi connectivity index (χ0) is 19.5. The molecule has 2 unspecified atom stereocenters. The molecule has 6 nitrogen and oxygen atoms in total. The van der Waals surface area contributed by atoms with Gasteiger partial charge in [-0.05, 0) is 18.3 Å². The predicted octanol–water partition coefficient (Wildman–Crippen LogP) is 3.11. The quantitative estimate of drug-likeness (QED) is 0.393. The number of esters is 4. The van der Waals surface area contributed by atoms with Crippen LogP contribution in [0.1, 0.15) is 53.4 Å². The van der Waals surface area contributed by atoms with Crippen LogP contribution in [0.15, 0.2) is 24.3 Å². The summed E-state index contributed by atoms with van der Waals surface area (Å²) < 4.78 is 9.19. The fourth-order valence-electron chi connectivity index (χ4n) is 3.17. The lowest BCUT2D eigenvalue weighted by molar-refractivity contribution is -0.155. The molecule has 0 bridgehead atoms. The lowest BCUT2D eigenvalue weighted by Gasteiger charge is -2.27. The Morgan fingerprint density at radius 3 is 2.00 bits per heavy atom. The van der Waals surface area contributed by atoms with E-state index in [4.69, 9.17) is 0 Å². The Kier molecular flexibility index (Phi) is 5.84. The zero-order valence-electron chi connectivity index (χ0n) is 15.7. The molecule has 2 saturated heterocycles. The van der Waals surface area contributed by atoms with Crippen LogP contribution in [0, 0.1) is 22.7 Å².